The maximum absolute atomic E-state index is 12.7. The maximum Gasteiger partial charge on any atom is 0.303 e. The van der Waals surface area contributed by atoms with Crippen LogP contribution in [-0.2, 0) is 9.59 Å². The Morgan fingerprint density at radius 2 is 1.79 bits per heavy atom. The normalized spacial score (nSPS) is 15.1. The van der Waals surface area contributed by atoms with Gasteiger partial charge >= 0.3 is 5.97 Å². The second-order valence-corrected chi connectivity index (χ2v) is 7.46. The van der Waals surface area contributed by atoms with E-state index < -0.39 is 5.97 Å². The van der Waals surface area contributed by atoms with Crippen molar-refractivity contribution in [1.29, 1.82) is 0 Å². The molecular formula is C17H24N2O4S. The molecule has 1 heterocycles. The fourth-order valence-corrected chi connectivity index (χ4v) is 3.98. The monoisotopic (exact) mass is 352 g/mol. The molecule has 0 unspecified atom stereocenters. The first-order chi connectivity index (χ1) is 11.4. The Bertz CT molecular complexity index is 633. The second-order valence-electron chi connectivity index (χ2n) is 6.24. The van der Waals surface area contributed by atoms with Crippen molar-refractivity contribution in [1.82, 2.24) is 5.32 Å². The number of hydrogen-bond donors (Lipinski definition) is 3. The lowest BCUT2D eigenvalue weighted by atomic mass is 9.95. The summed E-state index contributed by atoms with van der Waals surface area (Å²) in [5.41, 5.74) is 1.37. The van der Waals surface area contributed by atoms with E-state index in [4.69, 9.17) is 5.11 Å². The quantitative estimate of drug-likeness (QED) is 0.732. The Kier molecular flexibility index (Phi) is 6.36. The summed E-state index contributed by atoms with van der Waals surface area (Å²) in [4.78, 5) is 36.1. The number of anilines is 1. The lowest BCUT2D eigenvalue weighted by Gasteiger charge is -2.23. The molecule has 1 aromatic rings. The average molecular weight is 352 g/mol. The van der Waals surface area contributed by atoms with Crippen molar-refractivity contribution in [2.75, 3.05) is 5.32 Å². The molecule has 1 saturated carbocycles. The predicted octanol–water partition coefficient (Wildman–Crippen LogP) is 3.23. The van der Waals surface area contributed by atoms with Crippen LogP contribution in [0.1, 0.15) is 65.7 Å². The highest BCUT2D eigenvalue weighted by Gasteiger charge is 2.24. The number of carboxylic acid groups (broad SMARTS) is 1. The number of aryl methyl sites for hydroxylation is 1. The van der Waals surface area contributed by atoms with E-state index in [1.54, 1.807) is 0 Å². The summed E-state index contributed by atoms with van der Waals surface area (Å²) in [7, 11) is 0. The van der Waals surface area contributed by atoms with Gasteiger partial charge in [0.25, 0.3) is 5.91 Å². The van der Waals surface area contributed by atoms with Crippen molar-refractivity contribution in [3.8, 4) is 0 Å². The SMILES string of the molecule is Cc1sc(NC(=O)CCC(=O)O)c(C(=O)NC2CCCCC2)c1C. The molecule has 0 spiro atoms. The van der Waals surface area contributed by atoms with E-state index in [1.807, 2.05) is 13.8 Å². The van der Waals surface area contributed by atoms with Gasteiger partial charge in [-0.3, -0.25) is 14.4 Å². The molecule has 6 nitrogen and oxygen atoms in total. The van der Waals surface area contributed by atoms with E-state index in [0.717, 1.165) is 36.1 Å². The number of carbonyl (C=O) groups is 3. The zero-order valence-corrected chi connectivity index (χ0v) is 14.9. The first-order valence-electron chi connectivity index (χ1n) is 8.31. The van der Waals surface area contributed by atoms with Gasteiger partial charge in [-0.2, -0.15) is 0 Å². The highest BCUT2D eigenvalue weighted by atomic mass is 32.1. The van der Waals surface area contributed by atoms with Crippen LogP contribution in [0.25, 0.3) is 0 Å². The number of carboxylic acids is 1. The van der Waals surface area contributed by atoms with E-state index in [1.165, 1.54) is 17.8 Å². The predicted molar refractivity (Wildman–Crippen MR) is 93.6 cm³/mol. The van der Waals surface area contributed by atoms with Crippen molar-refractivity contribution in [3.63, 3.8) is 0 Å². The minimum Gasteiger partial charge on any atom is -0.481 e. The first kappa shape index (κ1) is 18.4. The van der Waals surface area contributed by atoms with Crippen molar-refractivity contribution < 1.29 is 19.5 Å². The summed E-state index contributed by atoms with van der Waals surface area (Å²) in [5.74, 6) is -1.55. The third-order valence-electron chi connectivity index (χ3n) is 4.37. The minimum absolute atomic E-state index is 0.102. The molecule has 7 heteroatoms. The van der Waals surface area contributed by atoms with Crippen LogP contribution in [0.2, 0.25) is 0 Å². The van der Waals surface area contributed by atoms with Crippen molar-refractivity contribution >= 4 is 34.1 Å². The molecule has 0 bridgehead atoms. The molecule has 1 aromatic heterocycles. The molecule has 1 fully saturated rings. The molecular weight excluding hydrogens is 328 g/mol. The fourth-order valence-electron chi connectivity index (χ4n) is 2.90. The summed E-state index contributed by atoms with van der Waals surface area (Å²) < 4.78 is 0. The molecule has 3 N–H and O–H groups in total. The van der Waals surface area contributed by atoms with Gasteiger partial charge in [0.1, 0.15) is 5.00 Å². The fraction of sp³-hybridized carbons (Fsp3) is 0.588. The van der Waals surface area contributed by atoms with Crippen LogP contribution in [-0.4, -0.2) is 28.9 Å². The van der Waals surface area contributed by atoms with Crippen LogP contribution in [0.4, 0.5) is 5.00 Å². The number of aliphatic carboxylic acids is 1. The van der Waals surface area contributed by atoms with E-state index >= 15 is 0 Å². The van der Waals surface area contributed by atoms with Gasteiger partial charge in [-0.25, -0.2) is 0 Å². The Balaban J connectivity index is 2.09. The molecule has 0 aliphatic heterocycles. The topological polar surface area (TPSA) is 95.5 Å². The third kappa shape index (κ3) is 4.80. The molecule has 0 saturated heterocycles. The Morgan fingerprint density at radius 1 is 1.12 bits per heavy atom. The third-order valence-corrected chi connectivity index (χ3v) is 5.49. The number of rotatable bonds is 6. The highest BCUT2D eigenvalue weighted by molar-refractivity contribution is 7.16. The summed E-state index contributed by atoms with van der Waals surface area (Å²) >= 11 is 1.35. The van der Waals surface area contributed by atoms with Gasteiger partial charge < -0.3 is 15.7 Å². The van der Waals surface area contributed by atoms with E-state index in [9.17, 15) is 14.4 Å². The van der Waals surface area contributed by atoms with Crippen LogP contribution in [0.3, 0.4) is 0 Å². The van der Waals surface area contributed by atoms with Crippen molar-refractivity contribution in [3.05, 3.63) is 16.0 Å². The van der Waals surface area contributed by atoms with Gasteiger partial charge in [-0.15, -0.1) is 11.3 Å². The van der Waals surface area contributed by atoms with Crippen molar-refractivity contribution in [2.24, 2.45) is 0 Å². The minimum atomic E-state index is -1.01. The van der Waals surface area contributed by atoms with Crippen LogP contribution in [0, 0.1) is 13.8 Å². The highest BCUT2D eigenvalue weighted by Crippen LogP contribution is 2.33. The van der Waals surface area contributed by atoms with Gasteiger partial charge in [0, 0.05) is 17.3 Å². The number of carbonyl (C=O) groups excluding carboxylic acids is 2. The molecule has 132 valence electrons. The molecule has 0 radical (unpaired) electrons. The number of nitrogens with one attached hydrogen (secondary N) is 2. The van der Waals surface area contributed by atoms with Crippen LogP contribution >= 0.6 is 11.3 Å². The van der Waals surface area contributed by atoms with Gasteiger partial charge in [-0.1, -0.05) is 19.3 Å². The average Bonchev–Trinajstić information content (AvgIpc) is 2.80. The smallest absolute Gasteiger partial charge is 0.303 e. The number of thiophene rings is 1. The van der Waals surface area contributed by atoms with Crippen LogP contribution in [0.15, 0.2) is 0 Å². The van der Waals surface area contributed by atoms with Gasteiger partial charge in [0.05, 0.1) is 12.0 Å². The summed E-state index contributed by atoms with van der Waals surface area (Å²) in [5, 5.41) is 14.9. The van der Waals surface area contributed by atoms with Gasteiger partial charge in [0.15, 0.2) is 0 Å². The van der Waals surface area contributed by atoms with Gasteiger partial charge in [0.2, 0.25) is 5.91 Å². The van der Waals surface area contributed by atoms with Crippen LogP contribution < -0.4 is 10.6 Å². The van der Waals surface area contributed by atoms with Gasteiger partial charge in [-0.05, 0) is 32.3 Å². The molecule has 2 amide bonds. The largest absolute Gasteiger partial charge is 0.481 e. The summed E-state index contributed by atoms with van der Waals surface area (Å²) in [6.45, 7) is 3.78. The molecule has 2 rings (SSSR count). The van der Waals surface area contributed by atoms with E-state index in [-0.39, 0.29) is 30.7 Å². The lowest BCUT2D eigenvalue weighted by molar-refractivity contribution is -0.138. The zero-order chi connectivity index (χ0) is 17.7. The van der Waals surface area contributed by atoms with Crippen molar-refractivity contribution in [2.45, 2.75) is 64.8 Å². The van der Waals surface area contributed by atoms with E-state index in [0.29, 0.717) is 10.6 Å². The molecule has 0 aromatic carbocycles. The number of hydrogen-bond acceptors (Lipinski definition) is 4. The molecule has 24 heavy (non-hydrogen) atoms. The Labute approximate surface area is 145 Å². The summed E-state index contributed by atoms with van der Waals surface area (Å²) in [6, 6.07) is 0.196. The molecule has 0 atom stereocenters. The Hall–Kier alpha value is -1.89. The molecule has 1 aliphatic rings. The standard InChI is InChI=1S/C17H24N2O4S/c1-10-11(2)24-17(19-13(20)8-9-14(21)22)15(10)16(23)18-12-6-4-3-5-7-12/h12H,3-9H2,1-2H3,(H,18,23)(H,19,20)(H,21,22). The van der Waals surface area contributed by atoms with E-state index in [2.05, 4.69) is 10.6 Å². The summed E-state index contributed by atoms with van der Waals surface area (Å²) in [6.07, 6.45) is 5.14. The maximum atomic E-state index is 12.7. The number of amides is 2. The lowest BCUT2D eigenvalue weighted by Crippen LogP contribution is -2.36. The van der Waals surface area contributed by atoms with Crippen LogP contribution in [0.5, 0.6) is 0 Å². The molecule has 1 aliphatic carbocycles. The Morgan fingerprint density at radius 3 is 2.42 bits per heavy atom. The first-order valence-corrected chi connectivity index (χ1v) is 9.12. The zero-order valence-electron chi connectivity index (χ0n) is 14.1. The second kappa shape index (κ2) is 8.28.